The highest BCUT2D eigenvalue weighted by atomic mass is 79.9. The maximum atomic E-state index is 15.6. The van der Waals surface area contributed by atoms with Crippen molar-refractivity contribution in [2.24, 2.45) is 0 Å². The first-order valence-electron chi connectivity index (χ1n) is 10.6. The Labute approximate surface area is 192 Å². The van der Waals surface area contributed by atoms with E-state index in [1.807, 2.05) is 12.3 Å². The van der Waals surface area contributed by atoms with E-state index in [1.54, 1.807) is 12.1 Å². The molecule has 0 bridgehead atoms. The monoisotopic (exact) mass is 503 g/mol. The highest BCUT2D eigenvalue weighted by molar-refractivity contribution is 9.10. The van der Waals surface area contributed by atoms with Gasteiger partial charge < -0.3 is 9.08 Å². The zero-order valence-electron chi connectivity index (χ0n) is 18.8. The molecule has 1 aromatic carbocycles. The summed E-state index contributed by atoms with van der Waals surface area (Å²) in [5, 5.41) is 0.687. The van der Waals surface area contributed by atoms with Gasteiger partial charge in [-0.25, -0.2) is 8.78 Å². The molecule has 0 spiro atoms. The Kier molecular flexibility index (Phi) is 6.73. The van der Waals surface area contributed by atoms with Gasteiger partial charge in [-0.3, -0.25) is 0 Å². The van der Waals surface area contributed by atoms with Crippen LogP contribution < -0.4 is 0 Å². The van der Waals surface area contributed by atoms with E-state index in [2.05, 4.69) is 71.5 Å². The molecule has 0 fully saturated rings. The summed E-state index contributed by atoms with van der Waals surface area (Å²) in [6.45, 7) is 20.3. The molecule has 0 aliphatic carbocycles. The van der Waals surface area contributed by atoms with Crippen molar-refractivity contribution in [3.8, 4) is 0 Å². The Balaban J connectivity index is 2.27. The molecule has 3 aromatic rings. The molecule has 0 radical (unpaired) electrons. The molecule has 3 nitrogen and oxygen atoms in total. The third-order valence-electron chi connectivity index (χ3n) is 6.55. The predicted octanol–water partition coefficient (Wildman–Crippen LogP) is 8.24. The van der Waals surface area contributed by atoms with E-state index in [1.165, 1.54) is 6.20 Å². The molecule has 7 heteroatoms. The SMILES string of the molecule is [C-]#[N+]c1cc(Cc2c(F)c(F)c3c(ccn3[Si](C(C)C)(C(C)C)C(C)C)c2Br)ccn1. The van der Waals surface area contributed by atoms with E-state index in [-0.39, 0.29) is 17.8 Å². The summed E-state index contributed by atoms with van der Waals surface area (Å²) in [5.74, 6) is -1.39. The average molecular weight is 504 g/mol. The lowest BCUT2D eigenvalue weighted by molar-refractivity contribution is 0.505. The molecule has 0 atom stereocenters. The molecule has 0 aliphatic heterocycles. The number of benzene rings is 1. The van der Waals surface area contributed by atoms with Crippen LogP contribution in [0.15, 0.2) is 35.1 Å². The number of hydrogen-bond donors (Lipinski definition) is 0. The molecule has 0 saturated carbocycles. The van der Waals surface area contributed by atoms with Crippen LogP contribution >= 0.6 is 15.9 Å². The largest absolute Gasteiger partial charge is 0.371 e. The molecule has 0 unspecified atom stereocenters. The summed E-state index contributed by atoms with van der Waals surface area (Å²) in [7, 11) is -2.25. The first kappa shape index (κ1) is 23.6. The van der Waals surface area contributed by atoms with Crippen LogP contribution in [0.3, 0.4) is 0 Å². The van der Waals surface area contributed by atoms with Gasteiger partial charge in [0.2, 0.25) is 0 Å². The first-order valence-corrected chi connectivity index (χ1v) is 13.5. The number of hydrogen-bond acceptors (Lipinski definition) is 1. The van der Waals surface area contributed by atoms with Crippen molar-refractivity contribution in [2.75, 3.05) is 0 Å². The van der Waals surface area contributed by atoms with E-state index in [0.29, 0.717) is 37.6 Å². The lowest BCUT2D eigenvalue weighted by atomic mass is 10.0. The van der Waals surface area contributed by atoms with Crippen LogP contribution in [-0.4, -0.2) is 17.5 Å². The lowest BCUT2D eigenvalue weighted by Crippen LogP contribution is -2.51. The van der Waals surface area contributed by atoms with E-state index in [4.69, 9.17) is 6.57 Å². The van der Waals surface area contributed by atoms with Gasteiger partial charge in [0.15, 0.2) is 19.9 Å². The average Bonchev–Trinajstić information content (AvgIpc) is 3.14. The minimum absolute atomic E-state index is 0.177. The maximum Gasteiger partial charge on any atom is 0.269 e. The van der Waals surface area contributed by atoms with Crippen LogP contribution in [0.5, 0.6) is 0 Å². The summed E-state index contributed by atoms with van der Waals surface area (Å²) in [4.78, 5) is 7.28. The third-order valence-corrected chi connectivity index (χ3v) is 14.2. The van der Waals surface area contributed by atoms with E-state index >= 15 is 8.78 Å². The number of fused-ring (bicyclic) bond motifs is 1. The normalized spacial score (nSPS) is 12.4. The van der Waals surface area contributed by atoms with E-state index in [0.717, 1.165) is 0 Å². The van der Waals surface area contributed by atoms with Crippen molar-refractivity contribution in [2.45, 2.75) is 64.6 Å². The zero-order valence-corrected chi connectivity index (χ0v) is 21.4. The molecule has 2 aromatic heterocycles. The molecule has 0 aliphatic rings. The number of aromatic nitrogens is 2. The van der Waals surface area contributed by atoms with Crippen molar-refractivity contribution in [3.05, 3.63) is 69.2 Å². The van der Waals surface area contributed by atoms with Crippen LogP contribution in [0.4, 0.5) is 14.6 Å². The van der Waals surface area contributed by atoms with Crippen LogP contribution in [-0.2, 0) is 6.42 Å². The number of halogens is 3. The molecule has 0 N–H and O–H groups in total. The Morgan fingerprint density at radius 2 is 1.68 bits per heavy atom. The highest BCUT2D eigenvalue weighted by Gasteiger charge is 2.46. The maximum absolute atomic E-state index is 15.6. The smallest absolute Gasteiger partial charge is 0.269 e. The van der Waals surface area contributed by atoms with Crippen molar-refractivity contribution < 1.29 is 8.78 Å². The lowest BCUT2D eigenvalue weighted by Gasteiger charge is -2.44. The van der Waals surface area contributed by atoms with Crippen LogP contribution in [0.1, 0.15) is 52.7 Å². The second kappa shape index (κ2) is 8.83. The van der Waals surface area contributed by atoms with Crippen molar-refractivity contribution >= 4 is 40.9 Å². The number of nitrogens with zero attached hydrogens (tertiary/aromatic N) is 3. The van der Waals surface area contributed by atoms with Crippen LogP contribution in [0.2, 0.25) is 16.6 Å². The van der Waals surface area contributed by atoms with Gasteiger partial charge in [0, 0.05) is 21.8 Å². The summed E-state index contributed by atoms with van der Waals surface area (Å²) < 4.78 is 33.7. The molecular formula is C24H28BrF2N3Si. The highest BCUT2D eigenvalue weighted by Crippen LogP contribution is 2.46. The summed E-state index contributed by atoms with van der Waals surface area (Å²) in [5.41, 5.74) is 2.39. The Morgan fingerprint density at radius 1 is 1.06 bits per heavy atom. The third kappa shape index (κ3) is 3.74. The van der Waals surface area contributed by atoms with Gasteiger partial charge >= 0.3 is 0 Å². The number of rotatable bonds is 6. The van der Waals surface area contributed by atoms with Gasteiger partial charge in [-0.05, 0) is 62.5 Å². The summed E-state index contributed by atoms with van der Waals surface area (Å²) in [6.07, 6.45) is 3.65. The van der Waals surface area contributed by atoms with Crippen molar-refractivity contribution in [1.29, 1.82) is 0 Å². The summed E-state index contributed by atoms with van der Waals surface area (Å²) in [6, 6.07) is 5.24. The van der Waals surface area contributed by atoms with Gasteiger partial charge in [0.25, 0.3) is 5.82 Å². The summed E-state index contributed by atoms with van der Waals surface area (Å²) >= 11 is 3.57. The second-order valence-electron chi connectivity index (χ2n) is 9.03. The molecule has 0 amide bonds. The van der Waals surface area contributed by atoms with Crippen molar-refractivity contribution in [1.82, 2.24) is 9.22 Å². The fraction of sp³-hybridized carbons (Fsp3) is 0.417. The Morgan fingerprint density at radius 3 is 2.23 bits per heavy atom. The fourth-order valence-electron chi connectivity index (χ4n) is 5.48. The number of pyridine rings is 1. The van der Waals surface area contributed by atoms with Gasteiger partial charge in [0.05, 0.1) is 5.52 Å². The fourth-order valence-corrected chi connectivity index (χ4v) is 12.7. The molecule has 164 valence electrons. The van der Waals surface area contributed by atoms with E-state index in [9.17, 15) is 0 Å². The Hall–Kier alpha value is -2.04. The Bertz CT molecular complexity index is 1140. The van der Waals surface area contributed by atoms with Gasteiger partial charge in [0.1, 0.15) is 6.20 Å². The molecule has 2 heterocycles. The minimum Gasteiger partial charge on any atom is -0.371 e. The standard InChI is InChI=1S/C24H28BrF2N3Si/c1-14(2)31(15(3)4,16(5)6)30-11-9-18-21(25)19(22(26)23(27)24(18)30)12-17-8-10-29-20(13-17)28-7/h8-11,13-16H,12H2,1-6H3. The first-order chi connectivity index (χ1) is 14.6. The minimum atomic E-state index is -2.25. The van der Waals surface area contributed by atoms with Gasteiger partial charge in [-0.2, -0.15) is 0 Å². The topological polar surface area (TPSA) is 22.2 Å². The molecule has 31 heavy (non-hydrogen) atoms. The molecule has 3 rings (SSSR count). The second-order valence-corrected chi connectivity index (χ2v) is 15.5. The molecular weight excluding hydrogens is 476 g/mol. The quantitative estimate of drug-likeness (QED) is 0.188. The molecule has 0 saturated heterocycles. The van der Waals surface area contributed by atoms with Crippen molar-refractivity contribution in [3.63, 3.8) is 0 Å². The van der Waals surface area contributed by atoms with E-state index < -0.39 is 19.9 Å². The predicted molar refractivity (Wildman–Crippen MR) is 129 cm³/mol. The van der Waals surface area contributed by atoms with Crippen LogP contribution in [0, 0.1) is 18.2 Å². The van der Waals surface area contributed by atoms with Crippen LogP contribution in [0.25, 0.3) is 15.7 Å². The zero-order chi connectivity index (χ0) is 23.1. The van der Waals surface area contributed by atoms with Gasteiger partial charge in [-0.15, -0.1) is 4.98 Å². The van der Waals surface area contributed by atoms with Gasteiger partial charge in [-0.1, -0.05) is 48.1 Å².